The van der Waals surface area contributed by atoms with E-state index >= 15 is 0 Å². The minimum absolute atomic E-state index is 0.349. The van der Waals surface area contributed by atoms with E-state index in [0.29, 0.717) is 36.3 Å². The van der Waals surface area contributed by atoms with Crippen molar-refractivity contribution in [2.24, 2.45) is 0 Å². The van der Waals surface area contributed by atoms with Crippen molar-refractivity contribution in [3.63, 3.8) is 0 Å². The Hall–Kier alpha value is -1.34. The molecule has 7 heteroatoms. The fourth-order valence-corrected chi connectivity index (χ4v) is 3.74. The van der Waals surface area contributed by atoms with Crippen LogP contribution >= 0.6 is 39.7 Å². The highest BCUT2D eigenvalue weighted by Crippen LogP contribution is 2.38. The lowest BCUT2D eigenvalue weighted by Gasteiger charge is -2.29. The van der Waals surface area contributed by atoms with E-state index in [1.807, 2.05) is 36.4 Å². The second-order valence-electron chi connectivity index (χ2n) is 5.77. The Bertz CT molecular complexity index is 796. The summed E-state index contributed by atoms with van der Waals surface area (Å²) in [7, 11) is 1.62. The molecule has 138 valence electrons. The molecule has 0 spiro atoms. The molecule has 0 atom stereocenters. The molecule has 0 aromatic heterocycles. The highest BCUT2D eigenvalue weighted by atomic mass is 79.9. The van der Waals surface area contributed by atoms with Gasteiger partial charge in [0.05, 0.1) is 24.8 Å². The van der Waals surface area contributed by atoms with Crippen molar-refractivity contribution < 1.29 is 14.2 Å². The van der Waals surface area contributed by atoms with E-state index in [-0.39, 0.29) is 0 Å². The Balaban J connectivity index is 1.80. The van der Waals surface area contributed by atoms with E-state index < -0.39 is 0 Å². The van der Waals surface area contributed by atoms with Crippen molar-refractivity contribution in [2.75, 3.05) is 33.4 Å². The van der Waals surface area contributed by atoms with Gasteiger partial charge in [0.2, 0.25) is 0 Å². The first kappa shape index (κ1) is 19.4. The van der Waals surface area contributed by atoms with Crippen LogP contribution in [0.2, 0.25) is 5.02 Å². The normalized spacial score (nSPS) is 14.2. The van der Waals surface area contributed by atoms with E-state index in [1.54, 1.807) is 7.11 Å². The van der Waals surface area contributed by atoms with Crippen LogP contribution in [0.4, 0.5) is 0 Å². The Morgan fingerprint density at radius 3 is 2.69 bits per heavy atom. The molecule has 2 aromatic rings. The summed E-state index contributed by atoms with van der Waals surface area (Å²) >= 11 is 15.4. The maximum absolute atomic E-state index is 6.20. The van der Waals surface area contributed by atoms with E-state index in [2.05, 4.69) is 20.8 Å². The molecule has 1 aliphatic heterocycles. The third-order valence-electron chi connectivity index (χ3n) is 4.10. The molecule has 2 aromatic carbocycles. The highest BCUT2D eigenvalue weighted by molar-refractivity contribution is 9.10. The fraction of sp³-hybridized carbons (Fsp3) is 0.316. The van der Waals surface area contributed by atoms with Gasteiger partial charge in [0.1, 0.15) is 11.6 Å². The zero-order valence-electron chi connectivity index (χ0n) is 14.3. The second kappa shape index (κ2) is 9.04. The number of nitrogens with zero attached hydrogens (tertiary/aromatic N) is 1. The number of rotatable bonds is 5. The van der Waals surface area contributed by atoms with Crippen LogP contribution in [0, 0.1) is 0 Å². The van der Waals surface area contributed by atoms with Crippen LogP contribution < -0.4 is 9.47 Å². The van der Waals surface area contributed by atoms with Gasteiger partial charge in [-0.15, -0.1) is 0 Å². The van der Waals surface area contributed by atoms with Gasteiger partial charge in [-0.25, -0.2) is 0 Å². The Labute approximate surface area is 172 Å². The SMILES string of the molecule is COc1cc(C(=S)N2CCOCC2)cc(Br)c1OCc1ccccc1Cl. The van der Waals surface area contributed by atoms with Gasteiger partial charge in [-0.2, -0.15) is 0 Å². The Kier molecular flexibility index (Phi) is 6.75. The zero-order valence-corrected chi connectivity index (χ0v) is 17.5. The summed E-state index contributed by atoms with van der Waals surface area (Å²) in [5, 5.41) is 0.674. The molecule has 0 amide bonds. The first-order valence-corrected chi connectivity index (χ1v) is 9.79. The zero-order chi connectivity index (χ0) is 18.5. The minimum atomic E-state index is 0.349. The van der Waals surface area contributed by atoms with Crippen LogP contribution in [0.25, 0.3) is 0 Å². The van der Waals surface area contributed by atoms with E-state index in [4.69, 9.17) is 38.0 Å². The minimum Gasteiger partial charge on any atom is -0.493 e. The van der Waals surface area contributed by atoms with E-state index in [9.17, 15) is 0 Å². The molecule has 0 N–H and O–H groups in total. The topological polar surface area (TPSA) is 30.9 Å². The van der Waals surface area contributed by atoms with Gasteiger partial charge < -0.3 is 19.1 Å². The lowest BCUT2D eigenvalue weighted by atomic mass is 10.1. The Morgan fingerprint density at radius 1 is 1.27 bits per heavy atom. The van der Waals surface area contributed by atoms with Crippen molar-refractivity contribution in [1.82, 2.24) is 4.90 Å². The average molecular weight is 457 g/mol. The van der Waals surface area contributed by atoms with Crippen molar-refractivity contribution in [3.8, 4) is 11.5 Å². The third-order valence-corrected chi connectivity index (χ3v) is 5.56. The summed E-state index contributed by atoms with van der Waals surface area (Å²) in [6.45, 7) is 3.32. The smallest absolute Gasteiger partial charge is 0.175 e. The van der Waals surface area contributed by atoms with Crippen LogP contribution in [-0.4, -0.2) is 43.3 Å². The molecule has 0 aliphatic carbocycles. The Morgan fingerprint density at radius 2 is 2.00 bits per heavy atom. The number of hydrogen-bond acceptors (Lipinski definition) is 4. The number of halogens is 2. The van der Waals surface area contributed by atoms with Gasteiger partial charge in [-0.05, 0) is 34.1 Å². The summed E-state index contributed by atoms with van der Waals surface area (Å²) in [6, 6.07) is 11.5. The van der Waals surface area contributed by atoms with Crippen LogP contribution in [0.15, 0.2) is 40.9 Å². The van der Waals surface area contributed by atoms with Crippen molar-refractivity contribution in [1.29, 1.82) is 0 Å². The van der Waals surface area contributed by atoms with E-state index in [1.165, 1.54) is 0 Å². The highest BCUT2D eigenvalue weighted by Gasteiger charge is 2.19. The molecule has 1 fully saturated rings. The van der Waals surface area contributed by atoms with Crippen LogP contribution in [-0.2, 0) is 11.3 Å². The van der Waals surface area contributed by atoms with Crippen LogP contribution in [0.5, 0.6) is 11.5 Å². The second-order valence-corrected chi connectivity index (χ2v) is 7.42. The summed E-state index contributed by atoms with van der Waals surface area (Å²) in [4.78, 5) is 2.93. The lowest BCUT2D eigenvalue weighted by Crippen LogP contribution is -2.40. The lowest BCUT2D eigenvalue weighted by molar-refractivity contribution is 0.0693. The largest absolute Gasteiger partial charge is 0.493 e. The molecule has 0 radical (unpaired) electrons. The van der Waals surface area contributed by atoms with Gasteiger partial charge in [0.15, 0.2) is 11.5 Å². The first-order valence-electron chi connectivity index (χ1n) is 8.21. The molecule has 1 saturated heterocycles. The monoisotopic (exact) mass is 455 g/mol. The van der Waals surface area contributed by atoms with Gasteiger partial charge in [-0.1, -0.05) is 42.0 Å². The van der Waals surface area contributed by atoms with Crippen LogP contribution in [0.1, 0.15) is 11.1 Å². The first-order chi connectivity index (χ1) is 12.6. The van der Waals surface area contributed by atoms with Gasteiger partial charge in [-0.3, -0.25) is 0 Å². The van der Waals surface area contributed by atoms with Gasteiger partial charge in [0, 0.05) is 29.2 Å². The van der Waals surface area contributed by atoms with Crippen molar-refractivity contribution in [2.45, 2.75) is 6.61 Å². The maximum Gasteiger partial charge on any atom is 0.175 e. The number of methoxy groups -OCH3 is 1. The number of hydrogen-bond donors (Lipinski definition) is 0. The molecule has 3 rings (SSSR count). The van der Waals surface area contributed by atoms with Crippen LogP contribution in [0.3, 0.4) is 0 Å². The number of benzene rings is 2. The summed E-state index contributed by atoms with van der Waals surface area (Å²) in [5.74, 6) is 1.25. The quantitative estimate of drug-likeness (QED) is 0.609. The number of thiocarbonyl (C=S) groups is 1. The maximum atomic E-state index is 6.20. The van der Waals surface area contributed by atoms with Gasteiger partial charge >= 0.3 is 0 Å². The summed E-state index contributed by atoms with van der Waals surface area (Å²) < 4.78 is 17.7. The fourth-order valence-electron chi connectivity index (χ4n) is 2.70. The summed E-state index contributed by atoms with van der Waals surface area (Å²) in [5.41, 5.74) is 1.83. The molecule has 4 nitrogen and oxygen atoms in total. The molecule has 1 heterocycles. The average Bonchev–Trinajstić information content (AvgIpc) is 2.67. The summed E-state index contributed by atoms with van der Waals surface area (Å²) in [6.07, 6.45) is 0. The van der Waals surface area contributed by atoms with E-state index in [0.717, 1.165) is 33.7 Å². The number of morpholine rings is 1. The predicted octanol–water partition coefficient (Wildman–Crippen LogP) is 4.70. The molecule has 0 saturated carbocycles. The third kappa shape index (κ3) is 4.49. The predicted molar refractivity (Wildman–Crippen MR) is 111 cm³/mol. The standard InChI is InChI=1S/C19H19BrClNO3S/c1-23-17-11-14(19(26)22-6-8-24-9-7-22)10-15(20)18(17)25-12-13-4-2-3-5-16(13)21/h2-5,10-11H,6-9,12H2,1H3. The molecule has 0 bridgehead atoms. The van der Waals surface area contributed by atoms with Crippen molar-refractivity contribution in [3.05, 3.63) is 57.0 Å². The molecule has 26 heavy (non-hydrogen) atoms. The molecular formula is C19H19BrClNO3S. The van der Waals surface area contributed by atoms with Crippen molar-refractivity contribution >= 4 is 44.7 Å². The molecular weight excluding hydrogens is 438 g/mol. The van der Waals surface area contributed by atoms with Gasteiger partial charge in [0.25, 0.3) is 0 Å². The molecule has 1 aliphatic rings. The molecule has 0 unspecified atom stereocenters. The number of ether oxygens (including phenoxy) is 3.